The molecule has 0 aromatic heterocycles. The molecule has 1 saturated heterocycles. The van der Waals surface area contributed by atoms with Crippen LogP contribution in [-0.2, 0) is 0 Å². The number of ketones is 1. The molecule has 0 aliphatic carbocycles. The lowest BCUT2D eigenvalue weighted by molar-refractivity contribution is 0.0868. The summed E-state index contributed by atoms with van der Waals surface area (Å²) in [4.78, 5) is 16.4. The fraction of sp³-hybridized carbons (Fsp3) is 0.533. The number of likely N-dealkylation sites (N-methyl/N-ethyl adjacent to an activating group) is 1. The van der Waals surface area contributed by atoms with Gasteiger partial charge in [-0.3, -0.25) is 9.69 Å². The highest BCUT2D eigenvalue weighted by Crippen LogP contribution is 2.15. The Hall–Kier alpha value is -1.26. The van der Waals surface area contributed by atoms with Crippen molar-refractivity contribution in [3.8, 4) is 0 Å². The molecule has 1 aromatic rings. The number of Topliss-reactive ketones (excluding diaryl/α,β-unsaturated/α-hetero) is 1. The smallest absolute Gasteiger partial charge is 0.179 e. The number of halogens is 1. The Morgan fingerprint density at radius 3 is 2.63 bits per heavy atom. The van der Waals surface area contributed by atoms with E-state index in [0.717, 1.165) is 25.9 Å². The number of likely N-dealkylation sites (tertiary alicyclic amines) is 1. The quantitative estimate of drug-likeness (QED) is 0.778. The predicted octanol–water partition coefficient (Wildman–Crippen LogP) is 2.03. The van der Waals surface area contributed by atoms with E-state index in [1.165, 1.54) is 6.07 Å². The van der Waals surface area contributed by atoms with Crippen LogP contribution >= 0.6 is 0 Å². The van der Waals surface area contributed by atoms with Gasteiger partial charge in [-0.15, -0.1) is 0 Å². The zero-order chi connectivity index (χ0) is 13.8. The summed E-state index contributed by atoms with van der Waals surface area (Å²) in [5.41, 5.74) is 0.197. The number of carbonyl (C=O) groups is 1. The van der Waals surface area contributed by atoms with Crippen molar-refractivity contribution >= 4 is 5.78 Å². The van der Waals surface area contributed by atoms with Crippen molar-refractivity contribution in [3.63, 3.8) is 0 Å². The third-order valence-electron chi connectivity index (χ3n) is 3.88. The number of benzene rings is 1. The van der Waals surface area contributed by atoms with Gasteiger partial charge in [-0.05, 0) is 52.2 Å². The molecule has 0 radical (unpaired) electrons. The summed E-state index contributed by atoms with van der Waals surface area (Å²) in [7, 11) is 4.06. The lowest BCUT2D eigenvalue weighted by Gasteiger charge is -2.34. The second kappa shape index (κ2) is 6.26. The highest BCUT2D eigenvalue weighted by atomic mass is 19.1. The van der Waals surface area contributed by atoms with Gasteiger partial charge in [0, 0.05) is 6.04 Å². The minimum atomic E-state index is -0.427. The van der Waals surface area contributed by atoms with Gasteiger partial charge in [0.1, 0.15) is 5.82 Å². The predicted molar refractivity (Wildman–Crippen MR) is 73.9 cm³/mol. The van der Waals surface area contributed by atoms with E-state index < -0.39 is 5.82 Å². The van der Waals surface area contributed by atoms with Crippen LogP contribution in [0.15, 0.2) is 24.3 Å². The van der Waals surface area contributed by atoms with E-state index >= 15 is 0 Å². The molecule has 0 spiro atoms. The molecule has 1 heterocycles. The van der Waals surface area contributed by atoms with Gasteiger partial charge in [-0.2, -0.15) is 0 Å². The van der Waals surface area contributed by atoms with Crippen molar-refractivity contribution in [2.45, 2.75) is 18.9 Å². The van der Waals surface area contributed by atoms with Crippen molar-refractivity contribution in [3.05, 3.63) is 35.6 Å². The fourth-order valence-corrected chi connectivity index (χ4v) is 2.56. The number of hydrogen-bond donors (Lipinski definition) is 0. The Morgan fingerprint density at radius 2 is 2.00 bits per heavy atom. The largest absolute Gasteiger partial charge is 0.306 e. The topological polar surface area (TPSA) is 23.6 Å². The van der Waals surface area contributed by atoms with Gasteiger partial charge in [0.05, 0.1) is 12.1 Å². The molecule has 1 fully saturated rings. The molecule has 1 aromatic carbocycles. The van der Waals surface area contributed by atoms with Crippen molar-refractivity contribution < 1.29 is 9.18 Å². The lowest BCUT2D eigenvalue weighted by Crippen LogP contribution is -2.43. The Kier molecular flexibility index (Phi) is 4.66. The Morgan fingerprint density at radius 1 is 1.37 bits per heavy atom. The summed E-state index contributed by atoms with van der Waals surface area (Å²) >= 11 is 0. The summed E-state index contributed by atoms with van der Waals surface area (Å²) in [6.45, 7) is 2.40. The van der Waals surface area contributed by atoms with Crippen LogP contribution < -0.4 is 0 Å². The molecule has 0 saturated carbocycles. The molecule has 0 atom stereocenters. The van der Waals surface area contributed by atoms with E-state index in [4.69, 9.17) is 0 Å². The Labute approximate surface area is 114 Å². The van der Waals surface area contributed by atoms with Gasteiger partial charge < -0.3 is 4.90 Å². The lowest BCUT2D eigenvalue weighted by atomic mass is 10.0. The van der Waals surface area contributed by atoms with Gasteiger partial charge in [-0.25, -0.2) is 4.39 Å². The molecule has 0 bridgehead atoms. The number of nitrogens with zero attached hydrogens (tertiary/aromatic N) is 2. The van der Waals surface area contributed by atoms with E-state index in [-0.39, 0.29) is 17.9 Å². The Balaban J connectivity index is 1.94. The van der Waals surface area contributed by atoms with E-state index in [9.17, 15) is 9.18 Å². The second-order valence-corrected chi connectivity index (χ2v) is 5.35. The van der Waals surface area contributed by atoms with Gasteiger partial charge in [-0.1, -0.05) is 12.1 Å². The maximum absolute atomic E-state index is 13.5. The fourth-order valence-electron chi connectivity index (χ4n) is 2.56. The average molecular weight is 264 g/mol. The molecule has 2 rings (SSSR count). The second-order valence-electron chi connectivity index (χ2n) is 5.35. The van der Waals surface area contributed by atoms with Crippen LogP contribution in [-0.4, -0.2) is 55.4 Å². The van der Waals surface area contributed by atoms with Gasteiger partial charge in [0.15, 0.2) is 5.78 Å². The number of hydrogen-bond acceptors (Lipinski definition) is 3. The number of rotatable bonds is 4. The van der Waals surface area contributed by atoms with Crippen molar-refractivity contribution in [1.82, 2.24) is 9.80 Å². The van der Waals surface area contributed by atoms with Crippen LogP contribution in [0.3, 0.4) is 0 Å². The molecule has 1 aliphatic heterocycles. The van der Waals surface area contributed by atoms with Crippen LogP contribution in [0.25, 0.3) is 0 Å². The summed E-state index contributed by atoms with van der Waals surface area (Å²) in [5.74, 6) is -0.566. The Bertz CT molecular complexity index is 442. The maximum Gasteiger partial charge on any atom is 0.179 e. The molecule has 4 heteroatoms. The molecular formula is C15H21FN2O. The van der Waals surface area contributed by atoms with Crippen LogP contribution in [0.4, 0.5) is 4.39 Å². The van der Waals surface area contributed by atoms with E-state index in [0.29, 0.717) is 6.04 Å². The van der Waals surface area contributed by atoms with Crippen molar-refractivity contribution in [2.75, 3.05) is 33.7 Å². The molecule has 19 heavy (non-hydrogen) atoms. The molecule has 0 N–H and O–H groups in total. The highest BCUT2D eigenvalue weighted by Gasteiger charge is 2.23. The van der Waals surface area contributed by atoms with Crippen LogP contribution in [0, 0.1) is 5.82 Å². The zero-order valence-corrected chi connectivity index (χ0v) is 11.6. The van der Waals surface area contributed by atoms with Crippen LogP contribution in [0.2, 0.25) is 0 Å². The van der Waals surface area contributed by atoms with E-state index in [2.05, 4.69) is 16.8 Å². The molecule has 1 aliphatic rings. The minimum Gasteiger partial charge on any atom is -0.306 e. The first-order chi connectivity index (χ1) is 9.08. The molecule has 0 unspecified atom stereocenters. The van der Waals surface area contributed by atoms with E-state index in [1.807, 2.05) is 7.05 Å². The van der Waals surface area contributed by atoms with Crippen LogP contribution in [0.5, 0.6) is 0 Å². The number of piperidine rings is 1. The first kappa shape index (κ1) is 14.2. The summed E-state index contributed by atoms with van der Waals surface area (Å²) in [5, 5.41) is 0. The van der Waals surface area contributed by atoms with Gasteiger partial charge in [0.2, 0.25) is 0 Å². The normalized spacial score (nSPS) is 17.9. The summed E-state index contributed by atoms with van der Waals surface area (Å²) < 4.78 is 13.5. The van der Waals surface area contributed by atoms with Crippen molar-refractivity contribution in [1.29, 1.82) is 0 Å². The molecule has 104 valence electrons. The molecule has 3 nitrogen and oxygen atoms in total. The summed E-state index contributed by atoms with van der Waals surface area (Å²) in [6.07, 6.45) is 2.13. The average Bonchev–Trinajstić information content (AvgIpc) is 2.39. The molecule has 0 amide bonds. The monoisotopic (exact) mass is 264 g/mol. The molecular weight excluding hydrogens is 243 g/mol. The highest BCUT2D eigenvalue weighted by molar-refractivity contribution is 5.97. The maximum atomic E-state index is 13.5. The zero-order valence-electron chi connectivity index (χ0n) is 11.6. The third kappa shape index (κ3) is 3.61. The van der Waals surface area contributed by atoms with Gasteiger partial charge in [0.25, 0.3) is 0 Å². The number of carbonyl (C=O) groups excluding carboxylic acids is 1. The van der Waals surface area contributed by atoms with Crippen molar-refractivity contribution in [2.24, 2.45) is 0 Å². The SMILES string of the molecule is CN1CCC(N(C)CC(=O)c2ccccc2F)CC1. The first-order valence-electron chi connectivity index (χ1n) is 6.74. The minimum absolute atomic E-state index is 0.139. The van der Waals surface area contributed by atoms with E-state index in [1.54, 1.807) is 18.2 Å². The third-order valence-corrected chi connectivity index (χ3v) is 3.88. The van der Waals surface area contributed by atoms with Gasteiger partial charge >= 0.3 is 0 Å². The first-order valence-corrected chi connectivity index (χ1v) is 6.74. The van der Waals surface area contributed by atoms with Crippen LogP contribution in [0.1, 0.15) is 23.2 Å². The summed E-state index contributed by atoms with van der Waals surface area (Å²) in [6, 6.07) is 6.62. The standard InChI is InChI=1S/C15H21FN2O/c1-17-9-7-12(8-10-17)18(2)11-15(19)13-5-3-4-6-14(13)16/h3-6,12H,7-11H2,1-2H3.